The van der Waals surface area contributed by atoms with Gasteiger partial charge < -0.3 is 14.4 Å². The van der Waals surface area contributed by atoms with Gasteiger partial charge >= 0.3 is 6.18 Å². The Bertz CT molecular complexity index is 833. The zero-order valence-electron chi connectivity index (χ0n) is 15.2. The molecule has 1 aromatic heterocycles. The number of aromatic nitrogens is 1. The average molecular weight is 415 g/mol. The van der Waals surface area contributed by atoms with E-state index < -0.39 is 17.3 Å². The number of likely N-dealkylation sites (tertiary alicyclic amines) is 1. The Kier molecular flexibility index (Phi) is 5.43. The summed E-state index contributed by atoms with van der Waals surface area (Å²) >= 11 is 5.84. The Hall–Kier alpha value is -2.48. The highest BCUT2D eigenvalue weighted by molar-refractivity contribution is 6.30. The fourth-order valence-electron chi connectivity index (χ4n) is 2.69. The molecule has 0 radical (unpaired) electrons. The van der Waals surface area contributed by atoms with Crippen molar-refractivity contribution < 1.29 is 27.4 Å². The van der Waals surface area contributed by atoms with Gasteiger partial charge in [0.2, 0.25) is 5.88 Å². The maximum atomic E-state index is 12.7. The Morgan fingerprint density at radius 3 is 2.32 bits per heavy atom. The monoisotopic (exact) mass is 414 g/mol. The van der Waals surface area contributed by atoms with Crippen molar-refractivity contribution in [3.05, 3.63) is 53.2 Å². The predicted octanol–water partition coefficient (Wildman–Crippen LogP) is 4.20. The molecule has 0 aliphatic carbocycles. The number of pyridine rings is 1. The van der Waals surface area contributed by atoms with Gasteiger partial charge in [-0.1, -0.05) is 11.6 Å². The molecule has 0 N–H and O–H groups in total. The maximum absolute atomic E-state index is 12.7. The van der Waals surface area contributed by atoms with Crippen LogP contribution in [0.4, 0.5) is 13.2 Å². The fraction of sp³-hybridized carbons (Fsp3) is 0.368. The van der Waals surface area contributed by atoms with E-state index in [0.717, 1.165) is 12.3 Å². The third kappa shape index (κ3) is 4.67. The van der Waals surface area contributed by atoms with Crippen molar-refractivity contribution in [1.29, 1.82) is 0 Å². The quantitative estimate of drug-likeness (QED) is 0.735. The van der Waals surface area contributed by atoms with E-state index in [4.69, 9.17) is 21.1 Å². The second-order valence-corrected chi connectivity index (χ2v) is 7.34. The van der Waals surface area contributed by atoms with Gasteiger partial charge in [0.25, 0.3) is 5.91 Å². The van der Waals surface area contributed by atoms with Crippen molar-refractivity contribution in [3.63, 3.8) is 0 Å². The van der Waals surface area contributed by atoms with E-state index in [1.54, 1.807) is 43.0 Å². The van der Waals surface area contributed by atoms with Crippen LogP contribution in [0.15, 0.2) is 42.6 Å². The molecule has 2 heterocycles. The molecule has 1 fully saturated rings. The number of rotatable bonds is 5. The summed E-state index contributed by atoms with van der Waals surface area (Å²) in [6, 6.07) is 8.77. The molecule has 9 heteroatoms. The summed E-state index contributed by atoms with van der Waals surface area (Å²) in [4.78, 5) is 17.9. The van der Waals surface area contributed by atoms with Crippen LogP contribution in [-0.4, -0.2) is 40.6 Å². The summed E-state index contributed by atoms with van der Waals surface area (Å²) in [6.45, 7) is 3.93. The topological polar surface area (TPSA) is 51.7 Å². The van der Waals surface area contributed by atoms with Crippen molar-refractivity contribution in [2.24, 2.45) is 0 Å². The van der Waals surface area contributed by atoms with Gasteiger partial charge in [-0.15, -0.1) is 0 Å². The standard InChI is InChI=1S/C19H18ClF3N2O3/c1-18(2,28-14-6-4-13(20)5-7-14)17(26)25-10-15(11-25)27-16-8-3-12(9-24-16)19(21,22)23/h3-9,15H,10-11H2,1-2H3. The molecule has 0 saturated carbocycles. The zero-order valence-corrected chi connectivity index (χ0v) is 15.9. The van der Waals surface area contributed by atoms with Gasteiger partial charge in [-0.05, 0) is 44.2 Å². The van der Waals surface area contributed by atoms with E-state index in [0.29, 0.717) is 23.9 Å². The van der Waals surface area contributed by atoms with E-state index in [1.807, 2.05) is 0 Å². The zero-order chi connectivity index (χ0) is 20.5. The van der Waals surface area contributed by atoms with Crippen LogP contribution in [0.2, 0.25) is 5.02 Å². The first kappa shape index (κ1) is 20.3. The molecule has 1 aromatic carbocycles. The first-order chi connectivity index (χ1) is 13.0. The van der Waals surface area contributed by atoms with E-state index in [1.165, 1.54) is 6.07 Å². The normalized spacial score (nSPS) is 15.1. The van der Waals surface area contributed by atoms with Crippen molar-refractivity contribution in [2.45, 2.75) is 31.7 Å². The van der Waals surface area contributed by atoms with Gasteiger partial charge in [0.1, 0.15) is 11.9 Å². The van der Waals surface area contributed by atoms with Gasteiger partial charge in [-0.3, -0.25) is 4.79 Å². The number of benzene rings is 1. The van der Waals surface area contributed by atoms with Crippen LogP contribution in [0.5, 0.6) is 11.6 Å². The lowest BCUT2D eigenvalue weighted by molar-refractivity contribution is -0.154. The molecule has 1 aliphatic rings. The lowest BCUT2D eigenvalue weighted by Gasteiger charge is -2.42. The predicted molar refractivity (Wildman–Crippen MR) is 96.4 cm³/mol. The Morgan fingerprint density at radius 2 is 1.79 bits per heavy atom. The SMILES string of the molecule is CC(C)(Oc1ccc(Cl)cc1)C(=O)N1CC(Oc2ccc(C(F)(F)F)cn2)C1. The minimum absolute atomic E-state index is 0.0850. The van der Waals surface area contributed by atoms with Crippen LogP contribution in [0.3, 0.4) is 0 Å². The Balaban J connectivity index is 1.52. The van der Waals surface area contributed by atoms with Crippen LogP contribution in [0.25, 0.3) is 0 Å². The molecule has 0 spiro atoms. The Morgan fingerprint density at radius 1 is 1.14 bits per heavy atom. The number of hydrogen-bond donors (Lipinski definition) is 0. The smallest absolute Gasteiger partial charge is 0.417 e. The highest BCUT2D eigenvalue weighted by Gasteiger charge is 2.41. The molecule has 1 amide bonds. The summed E-state index contributed by atoms with van der Waals surface area (Å²) in [7, 11) is 0. The summed E-state index contributed by atoms with van der Waals surface area (Å²) in [5.74, 6) is 0.384. The first-order valence-electron chi connectivity index (χ1n) is 8.48. The summed E-state index contributed by atoms with van der Waals surface area (Å²) < 4.78 is 48.9. The van der Waals surface area contributed by atoms with Crippen molar-refractivity contribution in [2.75, 3.05) is 13.1 Å². The largest absolute Gasteiger partial charge is 0.478 e. The minimum atomic E-state index is -4.44. The molecule has 2 aromatic rings. The highest BCUT2D eigenvalue weighted by Crippen LogP contribution is 2.30. The Labute approximate surface area is 165 Å². The number of alkyl halides is 3. The summed E-state index contributed by atoms with van der Waals surface area (Å²) in [5.41, 5.74) is -1.93. The minimum Gasteiger partial charge on any atom is -0.478 e. The third-order valence-corrected chi connectivity index (χ3v) is 4.44. The molecule has 1 saturated heterocycles. The lowest BCUT2D eigenvalue weighted by Crippen LogP contribution is -2.61. The molecule has 3 rings (SSSR count). The van der Waals surface area contributed by atoms with E-state index in [-0.39, 0.29) is 17.9 Å². The highest BCUT2D eigenvalue weighted by atomic mass is 35.5. The second-order valence-electron chi connectivity index (χ2n) is 6.90. The molecule has 0 atom stereocenters. The van der Waals surface area contributed by atoms with E-state index in [2.05, 4.69) is 4.98 Å². The molecular formula is C19H18ClF3N2O3. The van der Waals surface area contributed by atoms with Crippen molar-refractivity contribution in [1.82, 2.24) is 9.88 Å². The molecule has 0 unspecified atom stereocenters. The maximum Gasteiger partial charge on any atom is 0.417 e. The average Bonchev–Trinajstić information content (AvgIpc) is 2.58. The molecule has 5 nitrogen and oxygen atoms in total. The van der Waals surface area contributed by atoms with E-state index in [9.17, 15) is 18.0 Å². The van der Waals surface area contributed by atoms with Crippen molar-refractivity contribution >= 4 is 17.5 Å². The number of halogens is 4. The van der Waals surface area contributed by atoms with Crippen LogP contribution in [-0.2, 0) is 11.0 Å². The molecular weight excluding hydrogens is 397 g/mol. The summed E-state index contributed by atoms with van der Waals surface area (Å²) in [5, 5.41) is 0.566. The first-order valence-corrected chi connectivity index (χ1v) is 8.86. The number of ether oxygens (including phenoxy) is 2. The van der Waals surface area contributed by atoms with Crippen molar-refractivity contribution in [3.8, 4) is 11.6 Å². The third-order valence-electron chi connectivity index (χ3n) is 4.19. The molecule has 1 aliphatic heterocycles. The number of carbonyl (C=O) groups is 1. The molecule has 28 heavy (non-hydrogen) atoms. The number of hydrogen-bond acceptors (Lipinski definition) is 4. The van der Waals surface area contributed by atoms with Crippen LogP contribution in [0.1, 0.15) is 19.4 Å². The van der Waals surface area contributed by atoms with Gasteiger partial charge in [-0.2, -0.15) is 13.2 Å². The molecule has 150 valence electrons. The van der Waals surface area contributed by atoms with Crippen LogP contribution >= 0.6 is 11.6 Å². The molecule has 0 bridgehead atoms. The van der Waals surface area contributed by atoms with Gasteiger partial charge in [0.05, 0.1) is 18.7 Å². The van der Waals surface area contributed by atoms with Crippen LogP contribution in [0, 0.1) is 0 Å². The lowest BCUT2D eigenvalue weighted by atomic mass is 10.0. The number of carbonyl (C=O) groups excluding carboxylic acids is 1. The summed E-state index contributed by atoms with van der Waals surface area (Å²) in [6.07, 6.45) is -4.06. The van der Waals surface area contributed by atoms with Gasteiger partial charge in [0, 0.05) is 17.3 Å². The number of amides is 1. The number of nitrogens with zero attached hydrogens (tertiary/aromatic N) is 2. The van der Waals surface area contributed by atoms with Gasteiger partial charge in [0.15, 0.2) is 5.60 Å². The fourth-order valence-corrected chi connectivity index (χ4v) is 2.81. The van der Waals surface area contributed by atoms with E-state index >= 15 is 0 Å². The van der Waals surface area contributed by atoms with Crippen LogP contribution < -0.4 is 9.47 Å². The second kappa shape index (κ2) is 7.50. The van der Waals surface area contributed by atoms with Gasteiger partial charge in [-0.25, -0.2) is 4.98 Å².